The van der Waals surface area contributed by atoms with Gasteiger partial charge in [-0.2, -0.15) is 0 Å². The third-order valence-electron chi connectivity index (χ3n) is 6.07. The molecule has 166 valence electrons. The van der Waals surface area contributed by atoms with Crippen LogP contribution in [-0.4, -0.2) is 35.9 Å². The first kappa shape index (κ1) is 22.9. The van der Waals surface area contributed by atoms with Crippen LogP contribution in [0.1, 0.15) is 56.6 Å². The lowest BCUT2D eigenvalue weighted by molar-refractivity contribution is -0.141. The van der Waals surface area contributed by atoms with Gasteiger partial charge in [-0.1, -0.05) is 62.2 Å². The number of rotatable bonds is 10. The van der Waals surface area contributed by atoms with Crippen LogP contribution < -0.4 is 10.1 Å². The maximum Gasteiger partial charge on any atom is 0.243 e. The summed E-state index contributed by atoms with van der Waals surface area (Å²) in [6.07, 6.45) is 6.02. The van der Waals surface area contributed by atoms with Gasteiger partial charge >= 0.3 is 0 Å². The summed E-state index contributed by atoms with van der Waals surface area (Å²) >= 11 is 0. The molecule has 0 radical (unpaired) electrons. The van der Waals surface area contributed by atoms with Crippen molar-refractivity contribution in [2.24, 2.45) is 0 Å². The fourth-order valence-corrected chi connectivity index (χ4v) is 4.25. The summed E-state index contributed by atoms with van der Waals surface area (Å²) in [6, 6.07) is 17.5. The Morgan fingerprint density at radius 2 is 1.71 bits per heavy atom. The summed E-state index contributed by atoms with van der Waals surface area (Å²) in [5, 5.41) is 3.19. The van der Waals surface area contributed by atoms with Gasteiger partial charge in [-0.05, 0) is 48.9 Å². The molecular formula is C26H34N2O3. The molecule has 2 amide bonds. The Morgan fingerprint density at radius 1 is 1.03 bits per heavy atom. The standard InChI is InChI=1S/C26H34N2O3/c1-3-24(26(30)27-22-11-7-8-12-22)28(19-21-13-16-23(31-2)17-14-21)25(29)18-15-20-9-5-4-6-10-20/h4-6,9-10,13-14,16-17,22,24H,3,7-8,11-12,15,18-19H2,1-2H3,(H,27,30)/t24-/m0/s1. The molecule has 2 aromatic rings. The van der Waals surface area contributed by atoms with E-state index < -0.39 is 6.04 Å². The van der Waals surface area contributed by atoms with Gasteiger partial charge in [-0.25, -0.2) is 0 Å². The van der Waals surface area contributed by atoms with Crippen LogP contribution in [0.4, 0.5) is 0 Å². The minimum atomic E-state index is -0.467. The molecule has 0 unspecified atom stereocenters. The molecule has 1 atom stereocenters. The average Bonchev–Trinajstić information content (AvgIpc) is 3.31. The molecule has 1 N–H and O–H groups in total. The van der Waals surface area contributed by atoms with Crippen LogP contribution >= 0.6 is 0 Å². The van der Waals surface area contributed by atoms with Gasteiger partial charge in [0.2, 0.25) is 11.8 Å². The molecule has 3 rings (SSSR count). The van der Waals surface area contributed by atoms with Crippen molar-refractivity contribution in [3.8, 4) is 5.75 Å². The fourth-order valence-electron chi connectivity index (χ4n) is 4.25. The molecule has 0 saturated heterocycles. The van der Waals surface area contributed by atoms with Crippen LogP contribution in [0.15, 0.2) is 54.6 Å². The highest BCUT2D eigenvalue weighted by atomic mass is 16.5. The normalized spacial score (nSPS) is 14.8. The lowest BCUT2D eigenvalue weighted by Crippen LogP contribution is -2.51. The second kappa shape index (κ2) is 11.5. The zero-order valence-electron chi connectivity index (χ0n) is 18.7. The van der Waals surface area contributed by atoms with E-state index in [1.165, 1.54) is 0 Å². The van der Waals surface area contributed by atoms with Gasteiger partial charge in [0.15, 0.2) is 0 Å². The van der Waals surface area contributed by atoms with Gasteiger partial charge in [0, 0.05) is 19.0 Å². The monoisotopic (exact) mass is 422 g/mol. The van der Waals surface area contributed by atoms with Crippen LogP contribution in [0.5, 0.6) is 5.75 Å². The quantitative estimate of drug-likeness (QED) is 0.614. The summed E-state index contributed by atoms with van der Waals surface area (Å²) in [5.41, 5.74) is 2.12. The first-order chi connectivity index (χ1) is 15.1. The maximum atomic E-state index is 13.3. The van der Waals surface area contributed by atoms with Gasteiger partial charge in [-0.15, -0.1) is 0 Å². The minimum absolute atomic E-state index is 0.00749. The summed E-state index contributed by atoms with van der Waals surface area (Å²) in [6.45, 7) is 2.39. The molecule has 0 bridgehead atoms. The Kier molecular flexibility index (Phi) is 8.51. The first-order valence-electron chi connectivity index (χ1n) is 11.4. The SMILES string of the molecule is CC[C@@H](C(=O)NC1CCCC1)N(Cc1ccc(OC)cc1)C(=O)CCc1ccccc1. The Morgan fingerprint density at radius 3 is 2.32 bits per heavy atom. The topological polar surface area (TPSA) is 58.6 Å². The third-order valence-corrected chi connectivity index (χ3v) is 6.07. The summed E-state index contributed by atoms with van der Waals surface area (Å²) in [7, 11) is 1.63. The average molecular weight is 423 g/mol. The van der Waals surface area contributed by atoms with Crippen LogP contribution in [0.2, 0.25) is 0 Å². The number of ether oxygens (including phenoxy) is 1. The molecular weight excluding hydrogens is 388 g/mol. The van der Waals surface area contributed by atoms with Crippen molar-refractivity contribution < 1.29 is 14.3 Å². The van der Waals surface area contributed by atoms with E-state index in [0.29, 0.717) is 25.8 Å². The van der Waals surface area contributed by atoms with E-state index in [-0.39, 0.29) is 17.9 Å². The Hall–Kier alpha value is -2.82. The molecule has 0 aliphatic heterocycles. The third kappa shape index (κ3) is 6.58. The van der Waals surface area contributed by atoms with Crippen LogP contribution in [0.3, 0.4) is 0 Å². The lowest BCUT2D eigenvalue weighted by atomic mass is 10.1. The van der Waals surface area contributed by atoms with Crippen LogP contribution in [0.25, 0.3) is 0 Å². The highest BCUT2D eigenvalue weighted by Crippen LogP contribution is 2.20. The Balaban J connectivity index is 1.74. The summed E-state index contributed by atoms with van der Waals surface area (Å²) < 4.78 is 5.25. The number of nitrogens with one attached hydrogen (secondary N) is 1. The molecule has 5 heteroatoms. The fraction of sp³-hybridized carbons (Fsp3) is 0.462. The number of amides is 2. The van der Waals surface area contributed by atoms with E-state index in [9.17, 15) is 9.59 Å². The molecule has 0 heterocycles. The number of hydrogen-bond donors (Lipinski definition) is 1. The van der Waals surface area contributed by atoms with Crippen molar-refractivity contribution in [1.29, 1.82) is 0 Å². The van der Waals surface area contributed by atoms with Gasteiger partial charge < -0.3 is 15.0 Å². The molecule has 5 nitrogen and oxygen atoms in total. The number of carbonyl (C=O) groups excluding carboxylic acids is 2. The predicted octanol–water partition coefficient (Wildman–Crippen LogP) is 4.49. The second-order valence-corrected chi connectivity index (χ2v) is 8.27. The van der Waals surface area contributed by atoms with Crippen molar-refractivity contribution in [1.82, 2.24) is 10.2 Å². The second-order valence-electron chi connectivity index (χ2n) is 8.27. The summed E-state index contributed by atoms with van der Waals surface area (Å²) in [4.78, 5) is 28.2. The van der Waals surface area contributed by atoms with Crippen LogP contribution in [0, 0.1) is 0 Å². The van der Waals surface area contributed by atoms with Crippen molar-refractivity contribution in [3.05, 3.63) is 65.7 Å². The molecule has 2 aromatic carbocycles. The Bertz CT molecular complexity index is 829. The number of nitrogens with zero attached hydrogens (tertiary/aromatic N) is 1. The zero-order chi connectivity index (χ0) is 22.1. The summed E-state index contributed by atoms with van der Waals surface area (Å²) in [5.74, 6) is 0.751. The van der Waals surface area contributed by atoms with Gasteiger partial charge in [0.05, 0.1) is 7.11 Å². The van der Waals surface area contributed by atoms with Crippen molar-refractivity contribution >= 4 is 11.8 Å². The number of carbonyl (C=O) groups is 2. The van der Waals surface area contributed by atoms with Gasteiger partial charge in [0.25, 0.3) is 0 Å². The van der Waals surface area contributed by atoms with Gasteiger partial charge in [0.1, 0.15) is 11.8 Å². The molecule has 31 heavy (non-hydrogen) atoms. The maximum absolute atomic E-state index is 13.3. The molecule has 0 spiro atoms. The van der Waals surface area contributed by atoms with Gasteiger partial charge in [-0.3, -0.25) is 9.59 Å². The highest BCUT2D eigenvalue weighted by Gasteiger charge is 2.30. The largest absolute Gasteiger partial charge is 0.497 e. The number of methoxy groups -OCH3 is 1. The number of benzene rings is 2. The van der Waals surface area contributed by atoms with Crippen molar-refractivity contribution in [2.45, 2.75) is 70.5 Å². The van der Waals surface area contributed by atoms with E-state index in [4.69, 9.17) is 4.74 Å². The van der Waals surface area contributed by atoms with E-state index in [1.807, 2.05) is 61.5 Å². The predicted molar refractivity (Wildman–Crippen MR) is 123 cm³/mol. The van der Waals surface area contributed by atoms with Crippen LogP contribution in [-0.2, 0) is 22.6 Å². The lowest BCUT2D eigenvalue weighted by Gasteiger charge is -2.31. The minimum Gasteiger partial charge on any atom is -0.497 e. The smallest absolute Gasteiger partial charge is 0.243 e. The van der Waals surface area contributed by atoms with E-state index in [2.05, 4.69) is 5.32 Å². The molecule has 1 aliphatic carbocycles. The molecule has 1 fully saturated rings. The Labute approximate surface area is 185 Å². The van der Waals surface area contributed by atoms with Crippen molar-refractivity contribution in [2.75, 3.05) is 7.11 Å². The van der Waals surface area contributed by atoms with E-state index >= 15 is 0 Å². The molecule has 1 saturated carbocycles. The molecule has 1 aliphatic rings. The zero-order valence-corrected chi connectivity index (χ0v) is 18.7. The molecule has 0 aromatic heterocycles. The van der Waals surface area contributed by atoms with Crippen molar-refractivity contribution in [3.63, 3.8) is 0 Å². The van der Waals surface area contributed by atoms with E-state index in [1.54, 1.807) is 12.0 Å². The highest BCUT2D eigenvalue weighted by molar-refractivity contribution is 5.88. The number of hydrogen-bond acceptors (Lipinski definition) is 3. The number of aryl methyl sites for hydroxylation is 1. The van der Waals surface area contributed by atoms with E-state index in [0.717, 1.165) is 42.6 Å². The first-order valence-corrected chi connectivity index (χ1v) is 11.4.